The fourth-order valence-corrected chi connectivity index (χ4v) is 3.42. The van der Waals surface area contributed by atoms with Gasteiger partial charge in [0.25, 0.3) is 5.91 Å². The molecule has 0 unspecified atom stereocenters. The Kier molecular flexibility index (Phi) is 6.08. The lowest BCUT2D eigenvalue weighted by Crippen LogP contribution is -2.11. The van der Waals surface area contributed by atoms with Gasteiger partial charge in [-0.25, -0.2) is 4.98 Å². The SMILES string of the molecule is COc1cc2nc(NC(=O)c3ccc(/C(C)=N\N=C(C)N)cc3)sc2cc1OC. The van der Waals surface area contributed by atoms with Gasteiger partial charge in [-0.3, -0.25) is 10.1 Å². The van der Waals surface area contributed by atoms with Gasteiger partial charge in [0.05, 0.1) is 30.1 Å². The van der Waals surface area contributed by atoms with Gasteiger partial charge in [0.2, 0.25) is 0 Å². The predicted molar refractivity (Wildman–Crippen MR) is 117 cm³/mol. The zero-order chi connectivity index (χ0) is 21.0. The summed E-state index contributed by atoms with van der Waals surface area (Å²) in [6, 6.07) is 10.7. The molecule has 29 heavy (non-hydrogen) atoms. The molecule has 0 spiro atoms. The summed E-state index contributed by atoms with van der Waals surface area (Å²) in [4.78, 5) is 17.0. The Balaban J connectivity index is 1.78. The Morgan fingerprint density at radius 3 is 2.28 bits per heavy atom. The lowest BCUT2D eigenvalue weighted by Gasteiger charge is -2.05. The van der Waals surface area contributed by atoms with Crippen LogP contribution in [-0.4, -0.2) is 36.7 Å². The molecule has 3 rings (SSSR count). The number of hydrogen-bond donors (Lipinski definition) is 2. The molecule has 8 nitrogen and oxygen atoms in total. The highest BCUT2D eigenvalue weighted by Crippen LogP contribution is 2.36. The second-order valence-electron chi connectivity index (χ2n) is 6.15. The summed E-state index contributed by atoms with van der Waals surface area (Å²) in [6.45, 7) is 3.49. The average molecular weight is 411 g/mol. The van der Waals surface area contributed by atoms with Crippen molar-refractivity contribution in [2.75, 3.05) is 19.5 Å². The number of nitrogens with zero attached hydrogens (tertiary/aromatic N) is 3. The molecule has 0 saturated carbocycles. The number of hydrogen-bond acceptors (Lipinski definition) is 7. The first-order valence-corrected chi connectivity index (χ1v) is 9.51. The third kappa shape index (κ3) is 4.69. The van der Waals surface area contributed by atoms with Crippen molar-refractivity contribution < 1.29 is 14.3 Å². The molecule has 1 aromatic heterocycles. The van der Waals surface area contributed by atoms with Crippen molar-refractivity contribution in [3.63, 3.8) is 0 Å². The minimum absolute atomic E-state index is 0.250. The Hall–Kier alpha value is -3.46. The molecule has 150 valence electrons. The molecule has 0 fully saturated rings. The molecule has 1 amide bonds. The van der Waals surface area contributed by atoms with E-state index in [9.17, 15) is 4.79 Å². The van der Waals surface area contributed by atoms with E-state index in [1.165, 1.54) is 11.3 Å². The molecule has 1 heterocycles. The first-order chi connectivity index (χ1) is 13.9. The molecule has 0 bridgehead atoms. The molecule has 0 aliphatic heterocycles. The van der Waals surface area contributed by atoms with Crippen molar-refractivity contribution in [1.29, 1.82) is 0 Å². The largest absolute Gasteiger partial charge is 0.493 e. The van der Waals surface area contributed by atoms with Gasteiger partial charge in [-0.05, 0) is 31.5 Å². The van der Waals surface area contributed by atoms with E-state index in [1.807, 2.05) is 25.1 Å². The quantitative estimate of drug-likeness (QED) is 0.365. The third-order valence-corrected chi connectivity index (χ3v) is 4.97. The number of fused-ring (bicyclic) bond motifs is 1. The van der Waals surface area contributed by atoms with E-state index >= 15 is 0 Å². The van der Waals surface area contributed by atoms with Crippen LogP contribution in [0.25, 0.3) is 10.2 Å². The molecule has 0 aliphatic carbocycles. The fourth-order valence-electron chi connectivity index (χ4n) is 2.55. The van der Waals surface area contributed by atoms with Crippen LogP contribution in [0.3, 0.4) is 0 Å². The van der Waals surface area contributed by atoms with Gasteiger partial charge in [-0.15, -0.1) is 5.10 Å². The molecule has 0 aliphatic rings. The minimum atomic E-state index is -0.250. The van der Waals surface area contributed by atoms with E-state index in [2.05, 4.69) is 20.5 Å². The van der Waals surface area contributed by atoms with Crippen LogP contribution >= 0.6 is 11.3 Å². The van der Waals surface area contributed by atoms with Crippen molar-refractivity contribution in [3.05, 3.63) is 47.5 Å². The number of thiazole rings is 1. The number of anilines is 1. The van der Waals surface area contributed by atoms with E-state index < -0.39 is 0 Å². The first-order valence-electron chi connectivity index (χ1n) is 8.70. The number of aromatic nitrogens is 1. The summed E-state index contributed by atoms with van der Waals surface area (Å²) in [5.41, 5.74) is 8.28. The highest BCUT2D eigenvalue weighted by molar-refractivity contribution is 7.22. The van der Waals surface area contributed by atoms with Crippen molar-refractivity contribution in [3.8, 4) is 11.5 Å². The van der Waals surface area contributed by atoms with Crippen molar-refractivity contribution in [2.24, 2.45) is 15.9 Å². The third-order valence-electron chi connectivity index (χ3n) is 4.04. The molecule has 0 saturated heterocycles. The first kappa shape index (κ1) is 20.3. The number of nitrogens with one attached hydrogen (secondary N) is 1. The molecule has 0 radical (unpaired) electrons. The van der Waals surface area contributed by atoms with E-state index in [0.717, 1.165) is 15.8 Å². The molecule has 0 atom stereocenters. The number of rotatable bonds is 6. The average Bonchev–Trinajstić information content (AvgIpc) is 3.11. The highest BCUT2D eigenvalue weighted by Gasteiger charge is 2.13. The van der Waals surface area contributed by atoms with Gasteiger partial charge < -0.3 is 15.2 Å². The van der Waals surface area contributed by atoms with Crippen molar-refractivity contribution >= 4 is 44.1 Å². The van der Waals surface area contributed by atoms with Crippen LogP contribution in [0.4, 0.5) is 5.13 Å². The standard InChI is InChI=1S/C20H21N5O3S/c1-11(24-25-12(2)21)13-5-7-14(8-6-13)19(26)23-20-22-15-9-16(27-3)17(28-4)10-18(15)29-20/h5-10H,1-4H3,(H2,21,25)(H,22,23,26)/b24-11-. The normalized spacial score (nSPS) is 12.1. The zero-order valence-electron chi connectivity index (χ0n) is 16.5. The van der Waals surface area contributed by atoms with Gasteiger partial charge in [0.15, 0.2) is 16.6 Å². The summed E-state index contributed by atoms with van der Waals surface area (Å²) >= 11 is 1.36. The predicted octanol–water partition coefficient (Wildman–Crippen LogP) is 3.67. The van der Waals surface area contributed by atoms with Crippen molar-refractivity contribution in [1.82, 2.24) is 4.98 Å². The second-order valence-corrected chi connectivity index (χ2v) is 7.18. The Bertz CT molecular complexity index is 1060. The number of ether oxygens (including phenoxy) is 2. The second kappa shape index (κ2) is 8.70. The molecule has 3 N–H and O–H groups in total. The maximum atomic E-state index is 12.6. The maximum Gasteiger partial charge on any atom is 0.257 e. The molecule has 9 heteroatoms. The Morgan fingerprint density at radius 1 is 1.03 bits per heavy atom. The maximum absolute atomic E-state index is 12.6. The van der Waals surface area contributed by atoms with Crippen LogP contribution in [-0.2, 0) is 0 Å². The van der Waals surface area contributed by atoms with Gasteiger partial charge in [0.1, 0.15) is 5.84 Å². The topological polar surface area (TPSA) is 111 Å². The van der Waals surface area contributed by atoms with Crippen molar-refractivity contribution in [2.45, 2.75) is 13.8 Å². The lowest BCUT2D eigenvalue weighted by atomic mass is 10.1. The Labute approximate surface area is 172 Å². The summed E-state index contributed by atoms with van der Waals surface area (Å²) in [5, 5.41) is 11.2. The zero-order valence-corrected chi connectivity index (χ0v) is 17.3. The number of carbonyl (C=O) groups is 1. The molecular weight excluding hydrogens is 390 g/mol. The summed E-state index contributed by atoms with van der Waals surface area (Å²) in [7, 11) is 3.14. The van der Waals surface area contributed by atoms with Gasteiger partial charge >= 0.3 is 0 Å². The van der Waals surface area contributed by atoms with Crippen LogP contribution < -0.4 is 20.5 Å². The minimum Gasteiger partial charge on any atom is -0.493 e. The summed E-state index contributed by atoms with van der Waals surface area (Å²) in [5.74, 6) is 1.33. The number of benzene rings is 2. The van der Waals surface area contributed by atoms with Gasteiger partial charge in [-0.1, -0.05) is 23.5 Å². The molecule has 3 aromatic rings. The highest BCUT2D eigenvalue weighted by atomic mass is 32.1. The lowest BCUT2D eigenvalue weighted by molar-refractivity contribution is 0.102. The number of amidine groups is 1. The van der Waals surface area contributed by atoms with Gasteiger partial charge in [0, 0.05) is 17.7 Å². The fraction of sp³-hybridized carbons (Fsp3) is 0.200. The van der Waals surface area contributed by atoms with Crippen LogP contribution in [0, 0.1) is 0 Å². The van der Waals surface area contributed by atoms with E-state index in [-0.39, 0.29) is 5.91 Å². The number of amides is 1. The van der Waals surface area contributed by atoms with Crippen LogP contribution in [0.15, 0.2) is 46.6 Å². The molecule has 2 aromatic carbocycles. The summed E-state index contributed by atoms with van der Waals surface area (Å²) < 4.78 is 11.5. The van der Waals surface area contributed by atoms with Crippen LogP contribution in [0.5, 0.6) is 11.5 Å². The number of nitrogens with two attached hydrogens (primary N) is 1. The van der Waals surface area contributed by atoms with Gasteiger partial charge in [-0.2, -0.15) is 5.10 Å². The van der Waals surface area contributed by atoms with E-state index in [0.29, 0.717) is 33.7 Å². The van der Waals surface area contributed by atoms with E-state index in [4.69, 9.17) is 15.2 Å². The van der Waals surface area contributed by atoms with Crippen LogP contribution in [0.2, 0.25) is 0 Å². The molecular formula is C20H21N5O3S. The number of methoxy groups -OCH3 is 2. The smallest absolute Gasteiger partial charge is 0.257 e. The van der Waals surface area contributed by atoms with E-state index in [1.54, 1.807) is 39.3 Å². The monoisotopic (exact) mass is 411 g/mol. The van der Waals surface area contributed by atoms with Crippen LogP contribution in [0.1, 0.15) is 29.8 Å². The Morgan fingerprint density at radius 2 is 1.66 bits per heavy atom. The summed E-state index contributed by atoms with van der Waals surface area (Å²) in [6.07, 6.45) is 0. The number of carbonyl (C=O) groups excluding carboxylic acids is 1.